The predicted molar refractivity (Wildman–Crippen MR) is 97.4 cm³/mol. The molecular formula is C18H29N3OS. The highest BCUT2D eigenvalue weighted by atomic mass is 32.1. The minimum absolute atomic E-state index is 0.326. The lowest BCUT2D eigenvalue weighted by molar-refractivity contribution is 0.113. The Balaban J connectivity index is 1.69. The monoisotopic (exact) mass is 335 g/mol. The topological polar surface area (TPSA) is 29.4 Å². The highest BCUT2D eigenvalue weighted by Gasteiger charge is 2.28. The van der Waals surface area contributed by atoms with Gasteiger partial charge in [0.05, 0.1) is 12.1 Å². The van der Waals surface area contributed by atoms with Crippen molar-refractivity contribution in [3.8, 4) is 0 Å². The van der Waals surface area contributed by atoms with Gasteiger partial charge in [0, 0.05) is 38.6 Å². The molecule has 0 bridgehead atoms. The molecule has 0 aliphatic carbocycles. The van der Waals surface area contributed by atoms with Crippen LogP contribution in [0.15, 0.2) is 18.3 Å². The molecule has 3 atom stereocenters. The maximum atomic E-state index is 5.75. The first kappa shape index (κ1) is 16.8. The fraction of sp³-hybridized carbons (Fsp3) is 0.722. The lowest BCUT2D eigenvalue weighted by Gasteiger charge is -2.33. The van der Waals surface area contributed by atoms with Crippen LogP contribution in [0.2, 0.25) is 0 Å². The van der Waals surface area contributed by atoms with Gasteiger partial charge in [-0.05, 0) is 62.4 Å². The van der Waals surface area contributed by atoms with Crippen LogP contribution in [-0.4, -0.2) is 40.4 Å². The molecule has 0 radical (unpaired) electrons. The molecule has 2 fully saturated rings. The Morgan fingerprint density at radius 3 is 2.91 bits per heavy atom. The highest BCUT2D eigenvalue weighted by molar-refractivity contribution is 7.80. The number of rotatable bonds is 3. The number of nitrogens with zero attached hydrogens (tertiary/aromatic N) is 2. The molecule has 3 heterocycles. The summed E-state index contributed by atoms with van der Waals surface area (Å²) in [6.07, 6.45) is 8.42. The second-order valence-electron chi connectivity index (χ2n) is 7.05. The molecule has 0 aromatic carbocycles. The quantitative estimate of drug-likeness (QED) is 0.859. The molecule has 23 heavy (non-hydrogen) atoms. The van der Waals surface area contributed by atoms with Crippen molar-refractivity contribution in [2.45, 2.75) is 51.2 Å². The van der Waals surface area contributed by atoms with Gasteiger partial charge in [0.25, 0.3) is 0 Å². The zero-order valence-electron chi connectivity index (χ0n) is 14.3. The van der Waals surface area contributed by atoms with Gasteiger partial charge in [-0.2, -0.15) is 0 Å². The maximum absolute atomic E-state index is 5.75. The summed E-state index contributed by atoms with van der Waals surface area (Å²) >= 11 is 5.75. The van der Waals surface area contributed by atoms with Crippen LogP contribution in [0, 0.1) is 5.92 Å². The number of thiocarbonyl (C=S) groups is 1. The van der Waals surface area contributed by atoms with Crippen LogP contribution in [0.4, 0.5) is 0 Å². The zero-order chi connectivity index (χ0) is 16.2. The minimum Gasteiger partial charge on any atom is -0.376 e. The molecule has 128 valence electrons. The highest BCUT2D eigenvalue weighted by Crippen LogP contribution is 2.32. The van der Waals surface area contributed by atoms with Crippen molar-refractivity contribution in [1.29, 1.82) is 0 Å². The van der Waals surface area contributed by atoms with Gasteiger partial charge in [-0.25, -0.2) is 0 Å². The lowest BCUT2D eigenvalue weighted by Crippen LogP contribution is -2.44. The second-order valence-corrected chi connectivity index (χ2v) is 7.43. The molecule has 0 unspecified atom stereocenters. The number of hydrogen-bond acceptors (Lipinski definition) is 2. The average molecular weight is 336 g/mol. The van der Waals surface area contributed by atoms with Crippen molar-refractivity contribution >= 4 is 17.3 Å². The van der Waals surface area contributed by atoms with Gasteiger partial charge in [0.2, 0.25) is 0 Å². The molecule has 0 amide bonds. The van der Waals surface area contributed by atoms with Crippen molar-refractivity contribution in [1.82, 2.24) is 14.8 Å². The van der Waals surface area contributed by atoms with Gasteiger partial charge in [0.15, 0.2) is 5.11 Å². The lowest BCUT2D eigenvalue weighted by atomic mass is 10.0. The van der Waals surface area contributed by atoms with E-state index >= 15 is 0 Å². The number of hydrogen-bond donors (Lipinski definition) is 1. The molecule has 0 saturated carbocycles. The van der Waals surface area contributed by atoms with Gasteiger partial charge in [-0.15, -0.1) is 0 Å². The maximum Gasteiger partial charge on any atom is 0.169 e. The first-order valence-electron chi connectivity index (χ1n) is 8.92. The first-order chi connectivity index (χ1) is 11.1. The summed E-state index contributed by atoms with van der Waals surface area (Å²) in [6.45, 7) is 5.12. The van der Waals surface area contributed by atoms with Crippen LogP contribution in [0.1, 0.15) is 50.8 Å². The molecule has 0 spiro atoms. The van der Waals surface area contributed by atoms with Crippen molar-refractivity contribution in [2.75, 3.05) is 19.7 Å². The summed E-state index contributed by atoms with van der Waals surface area (Å²) in [7, 11) is 2.13. The largest absolute Gasteiger partial charge is 0.376 e. The van der Waals surface area contributed by atoms with Crippen LogP contribution in [0.3, 0.4) is 0 Å². The van der Waals surface area contributed by atoms with Crippen molar-refractivity contribution in [3.05, 3.63) is 24.0 Å². The Hall–Kier alpha value is -1.07. The summed E-state index contributed by atoms with van der Waals surface area (Å²) < 4.78 is 7.94. The van der Waals surface area contributed by atoms with Gasteiger partial charge < -0.3 is 19.5 Å². The number of aryl methyl sites for hydroxylation is 1. The average Bonchev–Trinajstić information content (AvgIpc) is 3.16. The molecule has 2 saturated heterocycles. The van der Waals surface area contributed by atoms with Crippen LogP contribution in [0.5, 0.6) is 0 Å². The van der Waals surface area contributed by atoms with Gasteiger partial charge >= 0.3 is 0 Å². The predicted octanol–water partition coefficient (Wildman–Crippen LogP) is 3.24. The molecule has 3 rings (SSSR count). The van der Waals surface area contributed by atoms with E-state index in [1.165, 1.54) is 31.4 Å². The SMILES string of the molecule is C[C@H]1CC[C@H](c2cccn2C)N(C(=S)NC[C@@H]2CCCO2)CC1. The fourth-order valence-corrected chi connectivity index (χ4v) is 4.04. The zero-order valence-corrected chi connectivity index (χ0v) is 15.1. The van der Waals surface area contributed by atoms with E-state index in [0.717, 1.165) is 37.1 Å². The fourth-order valence-electron chi connectivity index (χ4n) is 3.74. The normalized spacial score (nSPS) is 28.6. The molecule has 1 aromatic heterocycles. The van der Waals surface area contributed by atoms with Crippen LogP contribution >= 0.6 is 12.2 Å². The van der Waals surface area contributed by atoms with Crippen molar-refractivity contribution in [2.24, 2.45) is 13.0 Å². The Morgan fingerprint density at radius 2 is 2.22 bits per heavy atom. The van der Waals surface area contributed by atoms with E-state index in [-0.39, 0.29) is 0 Å². The second kappa shape index (κ2) is 7.67. The van der Waals surface area contributed by atoms with Crippen molar-refractivity contribution in [3.63, 3.8) is 0 Å². The number of likely N-dealkylation sites (tertiary alicyclic amines) is 1. The van der Waals surface area contributed by atoms with Crippen LogP contribution < -0.4 is 5.32 Å². The number of nitrogens with one attached hydrogen (secondary N) is 1. The van der Waals surface area contributed by atoms with Crippen LogP contribution in [-0.2, 0) is 11.8 Å². The van der Waals surface area contributed by atoms with Gasteiger partial charge in [0.1, 0.15) is 0 Å². The van der Waals surface area contributed by atoms with E-state index in [1.54, 1.807) is 0 Å². The van der Waals surface area contributed by atoms with Crippen molar-refractivity contribution < 1.29 is 4.74 Å². The molecule has 4 nitrogen and oxygen atoms in total. The number of aromatic nitrogens is 1. The Kier molecular flexibility index (Phi) is 5.59. The van der Waals surface area contributed by atoms with E-state index in [1.807, 2.05) is 0 Å². The summed E-state index contributed by atoms with van der Waals surface area (Å²) in [5.74, 6) is 0.767. The Labute approximate surface area is 145 Å². The molecule has 1 aromatic rings. The number of ether oxygens (including phenoxy) is 1. The molecule has 1 N–H and O–H groups in total. The van der Waals surface area contributed by atoms with E-state index in [4.69, 9.17) is 17.0 Å². The van der Waals surface area contributed by atoms with Gasteiger partial charge in [-0.3, -0.25) is 0 Å². The molecule has 2 aliphatic rings. The molecule has 2 aliphatic heterocycles. The first-order valence-corrected chi connectivity index (χ1v) is 9.33. The summed E-state index contributed by atoms with van der Waals surface area (Å²) in [5.41, 5.74) is 1.36. The Bertz CT molecular complexity index is 524. The van der Waals surface area contributed by atoms with Gasteiger partial charge in [-0.1, -0.05) is 6.92 Å². The third-order valence-electron chi connectivity index (χ3n) is 5.26. The molecule has 5 heteroatoms. The third kappa shape index (κ3) is 4.07. The summed E-state index contributed by atoms with van der Waals surface area (Å²) in [6, 6.07) is 4.74. The summed E-state index contributed by atoms with van der Waals surface area (Å²) in [5, 5.41) is 4.36. The van der Waals surface area contributed by atoms with E-state index in [0.29, 0.717) is 12.1 Å². The minimum atomic E-state index is 0.326. The Morgan fingerprint density at radius 1 is 1.35 bits per heavy atom. The standard InChI is InChI=1S/C18H29N3OS/c1-14-7-8-17(16-6-3-10-20(16)2)21(11-9-14)18(23)19-13-15-5-4-12-22-15/h3,6,10,14-15,17H,4-5,7-9,11-13H2,1-2H3,(H,19,23)/t14-,15-,17+/m0/s1. The van der Waals surface area contributed by atoms with E-state index in [2.05, 4.69) is 47.1 Å². The van der Waals surface area contributed by atoms with E-state index in [9.17, 15) is 0 Å². The third-order valence-corrected chi connectivity index (χ3v) is 5.64. The van der Waals surface area contributed by atoms with Crippen LogP contribution in [0.25, 0.3) is 0 Å². The summed E-state index contributed by atoms with van der Waals surface area (Å²) in [4.78, 5) is 2.41. The smallest absolute Gasteiger partial charge is 0.169 e. The molecular weight excluding hydrogens is 306 g/mol. The van der Waals surface area contributed by atoms with E-state index < -0.39 is 0 Å².